The molecule has 0 fully saturated rings. The molecule has 0 aliphatic heterocycles. The SMILES string of the molecule is CC(Oc1cccc(F)c1)C(=O)N(CCN)CCc1ccccc1. The Morgan fingerprint density at radius 3 is 2.58 bits per heavy atom. The van der Waals surface area contributed by atoms with Crippen LogP contribution in [0.2, 0.25) is 0 Å². The molecule has 0 heterocycles. The van der Waals surface area contributed by atoms with Gasteiger partial charge in [-0.25, -0.2) is 4.39 Å². The molecule has 0 aliphatic carbocycles. The number of benzene rings is 2. The molecule has 4 nitrogen and oxygen atoms in total. The summed E-state index contributed by atoms with van der Waals surface area (Å²) in [6.07, 6.45) is 0.0494. The van der Waals surface area contributed by atoms with E-state index < -0.39 is 11.9 Å². The Bertz CT molecular complexity index is 649. The van der Waals surface area contributed by atoms with E-state index in [1.54, 1.807) is 24.0 Å². The summed E-state index contributed by atoms with van der Waals surface area (Å²) >= 11 is 0. The third kappa shape index (κ3) is 5.35. The van der Waals surface area contributed by atoms with Crippen molar-refractivity contribution in [2.45, 2.75) is 19.4 Å². The molecule has 0 aromatic heterocycles. The van der Waals surface area contributed by atoms with Crippen LogP contribution in [-0.2, 0) is 11.2 Å². The van der Waals surface area contributed by atoms with Crippen molar-refractivity contribution in [2.75, 3.05) is 19.6 Å². The van der Waals surface area contributed by atoms with Gasteiger partial charge in [0.15, 0.2) is 6.10 Å². The summed E-state index contributed by atoms with van der Waals surface area (Å²) in [5, 5.41) is 0. The highest BCUT2D eigenvalue weighted by Crippen LogP contribution is 2.15. The number of hydrogen-bond acceptors (Lipinski definition) is 3. The second-order valence-electron chi connectivity index (χ2n) is 5.57. The van der Waals surface area contributed by atoms with Crippen LogP contribution in [-0.4, -0.2) is 36.5 Å². The normalized spacial score (nSPS) is 11.8. The summed E-state index contributed by atoms with van der Waals surface area (Å²) in [5.74, 6) is -0.206. The minimum absolute atomic E-state index is 0.152. The van der Waals surface area contributed by atoms with Gasteiger partial charge >= 0.3 is 0 Å². The Morgan fingerprint density at radius 2 is 1.92 bits per heavy atom. The van der Waals surface area contributed by atoms with Gasteiger partial charge in [-0.15, -0.1) is 0 Å². The molecular weight excluding hydrogens is 307 g/mol. The van der Waals surface area contributed by atoms with E-state index in [1.165, 1.54) is 12.1 Å². The van der Waals surface area contributed by atoms with Gasteiger partial charge in [0.25, 0.3) is 5.91 Å². The van der Waals surface area contributed by atoms with Crippen LogP contribution in [0.3, 0.4) is 0 Å². The third-order valence-electron chi connectivity index (χ3n) is 3.68. The summed E-state index contributed by atoms with van der Waals surface area (Å²) in [7, 11) is 0. The van der Waals surface area contributed by atoms with Crippen molar-refractivity contribution in [3.05, 3.63) is 66.0 Å². The molecule has 0 saturated carbocycles. The van der Waals surface area contributed by atoms with E-state index in [4.69, 9.17) is 10.5 Å². The molecule has 24 heavy (non-hydrogen) atoms. The fraction of sp³-hybridized carbons (Fsp3) is 0.316. The lowest BCUT2D eigenvalue weighted by Gasteiger charge is -2.25. The number of rotatable bonds is 8. The largest absolute Gasteiger partial charge is 0.481 e. The van der Waals surface area contributed by atoms with Crippen LogP contribution in [0.5, 0.6) is 5.75 Å². The van der Waals surface area contributed by atoms with Crippen LogP contribution < -0.4 is 10.5 Å². The Kier molecular flexibility index (Phi) is 6.75. The van der Waals surface area contributed by atoms with Gasteiger partial charge in [-0.05, 0) is 31.0 Å². The van der Waals surface area contributed by atoms with E-state index in [0.717, 1.165) is 12.0 Å². The summed E-state index contributed by atoms with van der Waals surface area (Å²) in [6, 6.07) is 15.7. The van der Waals surface area contributed by atoms with Crippen molar-refractivity contribution in [1.29, 1.82) is 0 Å². The van der Waals surface area contributed by atoms with Crippen LogP contribution in [0.25, 0.3) is 0 Å². The zero-order valence-corrected chi connectivity index (χ0v) is 13.8. The maximum absolute atomic E-state index is 13.2. The molecule has 1 amide bonds. The number of hydrogen-bond donors (Lipinski definition) is 1. The second kappa shape index (κ2) is 9.03. The predicted octanol–water partition coefficient (Wildman–Crippen LogP) is 2.62. The minimum Gasteiger partial charge on any atom is -0.481 e. The smallest absolute Gasteiger partial charge is 0.263 e. The van der Waals surface area contributed by atoms with Crippen LogP contribution in [0.15, 0.2) is 54.6 Å². The number of halogens is 1. The molecule has 2 aromatic rings. The summed E-state index contributed by atoms with van der Waals surface area (Å²) < 4.78 is 18.8. The lowest BCUT2D eigenvalue weighted by molar-refractivity contribution is -0.137. The highest BCUT2D eigenvalue weighted by atomic mass is 19.1. The van der Waals surface area contributed by atoms with Gasteiger partial charge in [0.1, 0.15) is 11.6 Å². The first-order valence-electron chi connectivity index (χ1n) is 8.05. The first-order chi connectivity index (χ1) is 11.6. The zero-order valence-electron chi connectivity index (χ0n) is 13.8. The summed E-state index contributed by atoms with van der Waals surface area (Å²) in [6.45, 7) is 3.08. The zero-order chi connectivity index (χ0) is 17.4. The van der Waals surface area contributed by atoms with Gasteiger partial charge in [-0.1, -0.05) is 36.4 Å². The first-order valence-corrected chi connectivity index (χ1v) is 8.05. The molecule has 1 unspecified atom stereocenters. The highest BCUT2D eigenvalue weighted by Gasteiger charge is 2.21. The predicted molar refractivity (Wildman–Crippen MR) is 92.3 cm³/mol. The number of nitrogens with two attached hydrogens (primary N) is 1. The fourth-order valence-electron chi connectivity index (χ4n) is 2.45. The highest BCUT2D eigenvalue weighted by molar-refractivity contribution is 5.81. The van der Waals surface area contributed by atoms with E-state index in [9.17, 15) is 9.18 Å². The Morgan fingerprint density at radius 1 is 1.17 bits per heavy atom. The van der Waals surface area contributed by atoms with Crippen molar-refractivity contribution in [2.24, 2.45) is 5.73 Å². The van der Waals surface area contributed by atoms with E-state index in [0.29, 0.717) is 25.4 Å². The monoisotopic (exact) mass is 330 g/mol. The maximum atomic E-state index is 13.2. The van der Waals surface area contributed by atoms with E-state index >= 15 is 0 Å². The minimum atomic E-state index is -0.700. The Balaban J connectivity index is 1.96. The van der Waals surface area contributed by atoms with Crippen molar-refractivity contribution in [1.82, 2.24) is 4.90 Å². The number of ether oxygens (including phenoxy) is 1. The molecular formula is C19H23FN2O2. The van der Waals surface area contributed by atoms with Crippen LogP contribution in [0.4, 0.5) is 4.39 Å². The summed E-state index contributed by atoms with van der Waals surface area (Å²) in [5.41, 5.74) is 6.78. The maximum Gasteiger partial charge on any atom is 0.263 e. The van der Waals surface area contributed by atoms with Crippen LogP contribution >= 0.6 is 0 Å². The molecule has 0 radical (unpaired) electrons. The van der Waals surface area contributed by atoms with Crippen molar-refractivity contribution >= 4 is 5.91 Å². The van der Waals surface area contributed by atoms with Crippen LogP contribution in [0, 0.1) is 5.82 Å². The van der Waals surface area contributed by atoms with Gasteiger partial charge in [0, 0.05) is 25.7 Å². The number of carbonyl (C=O) groups excluding carboxylic acids is 1. The standard InChI is InChI=1S/C19H23FN2O2/c1-15(24-18-9-5-8-17(20)14-18)19(23)22(13-11-21)12-10-16-6-3-2-4-7-16/h2-9,14-15H,10-13,21H2,1H3. The number of amides is 1. The van der Waals surface area contributed by atoms with Gasteiger partial charge in [0.05, 0.1) is 0 Å². The van der Waals surface area contributed by atoms with Crippen LogP contribution in [0.1, 0.15) is 12.5 Å². The van der Waals surface area contributed by atoms with E-state index in [1.807, 2.05) is 30.3 Å². The number of carbonyl (C=O) groups is 1. The van der Waals surface area contributed by atoms with Gasteiger partial charge in [-0.3, -0.25) is 4.79 Å². The molecule has 0 bridgehead atoms. The molecule has 128 valence electrons. The lowest BCUT2D eigenvalue weighted by Crippen LogP contribution is -2.43. The molecule has 1 atom stereocenters. The molecule has 5 heteroatoms. The van der Waals surface area contributed by atoms with Crippen molar-refractivity contribution in [3.63, 3.8) is 0 Å². The van der Waals surface area contributed by atoms with Gasteiger partial charge in [-0.2, -0.15) is 0 Å². The Hall–Kier alpha value is -2.40. The van der Waals surface area contributed by atoms with Gasteiger partial charge < -0.3 is 15.4 Å². The lowest BCUT2D eigenvalue weighted by atomic mass is 10.1. The molecule has 0 aliphatic rings. The topological polar surface area (TPSA) is 55.6 Å². The van der Waals surface area contributed by atoms with E-state index in [-0.39, 0.29) is 5.91 Å². The average molecular weight is 330 g/mol. The molecule has 2 rings (SSSR count). The quantitative estimate of drug-likeness (QED) is 0.809. The second-order valence-corrected chi connectivity index (χ2v) is 5.57. The third-order valence-corrected chi connectivity index (χ3v) is 3.68. The molecule has 2 aromatic carbocycles. The van der Waals surface area contributed by atoms with E-state index in [2.05, 4.69) is 0 Å². The fourth-order valence-corrected chi connectivity index (χ4v) is 2.45. The molecule has 0 saturated heterocycles. The summed E-state index contributed by atoms with van der Waals surface area (Å²) in [4.78, 5) is 14.3. The molecule has 0 spiro atoms. The van der Waals surface area contributed by atoms with Crippen molar-refractivity contribution < 1.29 is 13.9 Å². The van der Waals surface area contributed by atoms with Crippen molar-refractivity contribution in [3.8, 4) is 5.75 Å². The molecule has 2 N–H and O–H groups in total. The van der Waals surface area contributed by atoms with Gasteiger partial charge in [0.2, 0.25) is 0 Å². The number of nitrogens with zero attached hydrogens (tertiary/aromatic N) is 1. The Labute approximate surface area is 142 Å². The average Bonchev–Trinajstić information content (AvgIpc) is 2.59. The first kappa shape index (κ1) is 17.9.